The molecule has 2 fully saturated rings. The minimum atomic E-state index is -0.149. The van der Waals surface area contributed by atoms with Crippen LogP contribution in [0.15, 0.2) is 36.9 Å². The molecule has 1 aromatic carbocycles. The summed E-state index contributed by atoms with van der Waals surface area (Å²) in [6.45, 7) is 3.65. The minimum absolute atomic E-state index is 0.0758. The van der Waals surface area contributed by atoms with Gasteiger partial charge in [-0.2, -0.15) is 0 Å². The second kappa shape index (κ2) is 9.34. The largest absolute Gasteiger partial charge is 0.462 e. The lowest BCUT2D eigenvalue weighted by molar-refractivity contribution is -0.151. The molecule has 1 aromatic rings. The van der Waals surface area contributed by atoms with E-state index >= 15 is 0 Å². The van der Waals surface area contributed by atoms with E-state index in [9.17, 15) is 9.18 Å². The Hall–Kier alpha value is -1.64. The van der Waals surface area contributed by atoms with Gasteiger partial charge >= 0.3 is 5.97 Å². The number of hydrogen-bond donors (Lipinski definition) is 0. The smallest absolute Gasteiger partial charge is 0.306 e. The Morgan fingerprint density at radius 2 is 1.58 bits per heavy atom. The van der Waals surface area contributed by atoms with Crippen LogP contribution in [0.25, 0.3) is 0 Å². The number of benzene rings is 1. The second-order valence-electron chi connectivity index (χ2n) is 8.02. The normalized spacial score (nSPS) is 29.1. The first-order valence-corrected chi connectivity index (χ1v) is 10.2. The van der Waals surface area contributed by atoms with E-state index in [1.165, 1.54) is 44.1 Å². The number of rotatable bonds is 6. The molecule has 26 heavy (non-hydrogen) atoms. The van der Waals surface area contributed by atoms with Gasteiger partial charge < -0.3 is 4.74 Å². The molecular formula is C23H31FO2. The van der Waals surface area contributed by atoms with E-state index in [-0.39, 0.29) is 17.9 Å². The molecule has 0 heterocycles. The molecule has 142 valence electrons. The molecule has 0 bridgehead atoms. The van der Waals surface area contributed by atoms with Crippen molar-refractivity contribution in [1.29, 1.82) is 0 Å². The monoisotopic (exact) mass is 358 g/mol. The number of ether oxygens (including phenoxy) is 1. The van der Waals surface area contributed by atoms with Crippen molar-refractivity contribution in [3.05, 3.63) is 48.3 Å². The summed E-state index contributed by atoms with van der Waals surface area (Å²) in [5.41, 5.74) is 1.29. The van der Waals surface area contributed by atoms with Gasteiger partial charge in [0.2, 0.25) is 0 Å². The molecule has 0 aromatic heterocycles. The molecule has 3 rings (SSSR count). The van der Waals surface area contributed by atoms with Crippen molar-refractivity contribution < 1.29 is 13.9 Å². The average molecular weight is 358 g/mol. The van der Waals surface area contributed by atoms with Crippen LogP contribution in [0.3, 0.4) is 0 Å². The zero-order valence-electron chi connectivity index (χ0n) is 15.7. The molecule has 3 heteroatoms. The van der Waals surface area contributed by atoms with Gasteiger partial charge in [-0.25, -0.2) is 4.39 Å². The van der Waals surface area contributed by atoms with Crippen LogP contribution < -0.4 is 0 Å². The summed E-state index contributed by atoms with van der Waals surface area (Å²) >= 11 is 0. The number of carbonyl (C=O) groups is 1. The summed E-state index contributed by atoms with van der Waals surface area (Å²) in [5.74, 6) is 1.96. The van der Waals surface area contributed by atoms with Gasteiger partial charge in [-0.05, 0) is 93.2 Å². The molecule has 0 amide bonds. The molecular weight excluding hydrogens is 327 g/mol. The Labute approximate surface area is 156 Å². The van der Waals surface area contributed by atoms with Gasteiger partial charge in [-0.3, -0.25) is 4.79 Å². The van der Waals surface area contributed by atoms with Crippen molar-refractivity contribution in [2.75, 3.05) is 0 Å². The zero-order chi connectivity index (χ0) is 18.4. The number of carbonyl (C=O) groups excluding carboxylic acids is 1. The van der Waals surface area contributed by atoms with Crippen molar-refractivity contribution in [1.82, 2.24) is 0 Å². The van der Waals surface area contributed by atoms with E-state index < -0.39 is 0 Å². The van der Waals surface area contributed by atoms with Crippen LogP contribution in [0.5, 0.6) is 0 Å². The summed E-state index contributed by atoms with van der Waals surface area (Å²) in [7, 11) is 0. The molecule has 0 spiro atoms. The van der Waals surface area contributed by atoms with Gasteiger partial charge in [-0.1, -0.05) is 18.2 Å². The van der Waals surface area contributed by atoms with Gasteiger partial charge in [0.05, 0.1) is 0 Å². The van der Waals surface area contributed by atoms with E-state index in [0.717, 1.165) is 24.7 Å². The predicted octanol–water partition coefficient (Wildman–Crippen LogP) is 6.17. The summed E-state index contributed by atoms with van der Waals surface area (Å²) < 4.78 is 18.7. The first-order chi connectivity index (χ1) is 12.7. The first-order valence-electron chi connectivity index (χ1n) is 10.2. The van der Waals surface area contributed by atoms with Gasteiger partial charge in [-0.15, -0.1) is 6.58 Å². The van der Waals surface area contributed by atoms with Crippen LogP contribution in [-0.4, -0.2) is 12.1 Å². The van der Waals surface area contributed by atoms with E-state index in [1.54, 1.807) is 18.2 Å². The van der Waals surface area contributed by atoms with Gasteiger partial charge in [0.25, 0.3) is 0 Å². The summed E-state index contributed by atoms with van der Waals surface area (Å²) in [5, 5.41) is 0. The second-order valence-corrected chi connectivity index (χ2v) is 8.02. The fraction of sp³-hybridized carbons (Fsp3) is 0.609. The van der Waals surface area contributed by atoms with Crippen LogP contribution in [-0.2, 0) is 9.53 Å². The van der Waals surface area contributed by atoms with Crippen LogP contribution in [0, 0.1) is 17.7 Å². The van der Waals surface area contributed by atoms with Crippen LogP contribution >= 0.6 is 0 Å². The Balaban J connectivity index is 1.40. The van der Waals surface area contributed by atoms with Gasteiger partial charge in [0, 0.05) is 6.42 Å². The van der Waals surface area contributed by atoms with Crippen LogP contribution in [0.2, 0.25) is 0 Å². The van der Waals surface area contributed by atoms with Crippen LogP contribution in [0.1, 0.15) is 75.7 Å². The Morgan fingerprint density at radius 1 is 1.00 bits per heavy atom. The van der Waals surface area contributed by atoms with Crippen molar-refractivity contribution >= 4 is 5.97 Å². The highest BCUT2D eigenvalue weighted by atomic mass is 19.1. The Kier molecular flexibility index (Phi) is 6.87. The van der Waals surface area contributed by atoms with E-state index in [4.69, 9.17) is 4.74 Å². The summed E-state index contributed by atoms with van der Waals surface area (Å²) in [6.07, 6.45) is 12.4. The maximum atomic E-state index is 13.1. The highest BCUT2D eigenvalue weighted by molar-refractivity contribution is 5.69. The third kappa shape index (κ3) is 5.18. The summed E-state index contributed by atoms with van der Waals surface area (Å²) in [6, 6.07) is 7.07. The highest BCUT2D eigenvalue weighted by Gasteiger charge is 2.32. The number of esters is 1. The highest BCUT2D eigenvalue weighted by Crippen LogP contribution is 2.43. The zero-order valence-corrected chi connectivity index (χ0v) is 15.7. The molecule has 0 unspecified atom stereocenters. The molecule has 2 aliphatic carbocycles. The van der Waals surface area contributed by atoms with E-state index in [1.807, 2.05) is 12.1 Å². The molecule has 0 atom stereocenters. The average Bonchev–Trinajstić information content (AvgIpc) is 2.68. The standard InChI is InChI=1S/C23H31FO2/c1-2-3-4-23(25)26-22-15-11-20(12-16-22)18-7-5-17(6-8-18)19-9-13-21(24)14-10-19/h2,9-10,13-14,17-18,20,22H,1,3-8,11-12,15-16H2. The molecule has 2 nitrogen and oxygen atoms in total. The molecule has 0 saturated heterocycles. The predicted molar refractivity (Wildman–Crippen MR) is 102 cm³/mol. The fourth-order valence-corrected chi connectivity index (χ4v) is 4.80. The SMILES string of the molecule is C=CCCC(=O)OC1CCC(C2CCC(c3ccc(F)cc3)CC2)CC1. The number of hydrogen-bond acceptors (Lipinski definition) is 2. The quantitative estimate of drug-likeness (QED) is 0.449. The van der Waals surface area contributed by atoms with Gasteiger partial charge in [0.1, 0.15) is 11.9 Å². The number of halogens is 1. The van der Waals surface area contributed by atoms with Crippen molar-refractivity contribution in [3.63, 3.8) is 0 Å². The third-order valence-electron chi connectivity index (χ3n) is 6.35. The van der Waals surface area contributed by atoms with E-state index in [2.05, 4.69) is 6.58 Å². The minimum Gasteiger partial charge on any atom is -0.462 e. The molecule has 2 aliphatic rings. The maximum Gasteiger partial charge on any atom is 0.306 e. The number of allylic oxidation sites excluding steroid dienone is 1. The van der Waals surface area contributed by atoms with Crippen LogP contribution in [0.4, 0.5) is 4.39 Å². The lowest BCUT2D eigenvalue weighted by Crippen LogP contribution is -2.29. The molecule has 0 aliphatic heterocycles. The van der Waals surface area contributed by atoms with Gasteiger partial charge in [0.15, 0.2) is 0 Å². The topological polar surface area (TPSA) is 26.3 Å². The summed E-state index contributed by atoms with van der Waals surface area (Å²) in [4.78, 5) is 11.8. The molecule has 0 radical (unpaired) electrons. The lowest BCUT2D eigenvalue weighted by atomic mass is 9.69. The van der Waals surface area contributed by atoms with E-state index in [0.29, 0.717) is 18.8 Å². The first kappa shape index (κ1) is 19.1. The third-order valence-corrected chi connectivity index (χ3v) is 6.35. The lowest BCUT2D eigenvalue weighted by Gasteiger charge is -2.37. The van der Waals surface area contributed by atoms with Crippen molar-refractivity contribution in [2.24, 2.45) is 11.8 Å². The molecule has 0 N–H and O–H groups in total. The van der Waals surface area contributed by atoms with Crippen molar-refractivity contribution in [3.8, 4) is 0 Å². The Morgan fingerprint density at radius 3 is 2.15 bits per heavy atom. The Bertz CT molecular complexity index is 579. The fourth-order valence-electron chi connectivity index (χ4n) is 4.80. The molecule has 2 saturated carbocycles. The maximum absolute atomic E-state index is 13.1. The van der Waals surface area contributed by atoms with Crippen molar-refractivity contribution in [2.45, 2.75) is 76.2 Å².